The molecule has 0 aliphatic heterocycles. The lowest BCUT2D eigenvalue weighted by Crippen LogP contribution is -2.20. The van der Waals surface area contributed by atoms with E-state index in [9.17, 15) is 9.18 Å². The van der Waals surface area contributed by atoms with Gasteiger partial charge in [-0.15, -0.1) is 0 Å². The zero-order chi connectivity index (χ0) is 13.7. The number of carbonyl (C=O) groups is 1. The van der Waals surface area contributed by atoms with Crippen LogP contribution in [0.3, 0.4) is 0 Å². The predicted molar refractivity (Wildman–Crippen MR) is 70.3 cm³/mol. The van der Waals surface area contributed by atoms with Gasteiger partial charge in [0.05, 0.1) is 17.0 Å². The molecule has 0 aliphatic carbocycles. The Labute approximate surface area is 110 Å². The largest absolute Gasteiger partial charge is 0.274 e. The number of pyridine rings is 1. The first kappa shape index (κ1) is 12.9. The molecule has 0 bridgehead atoms. The van der Waals surface area contributed by atoms with Gasteiger partial charge in [-0.3, -0.25) is 9.78 Å². The Kier molecular flexibility index (Phi) is 3.97. The van der Waals surface area contributed by atoms with E-state index in [0.29, 0.717) is 11.4 Å². The Morgan fingerprint density at radius 1 is 1.21 bits per heavy atom. The molecule has 0 fully saturated rings. The van der Waals surface area contributed by atoms with E-state index in [0.717, 1.165) is 0 Å². The first-order chi connectivity index (χ1) is 9.18. The molecule has 1 N–H and O–H groups in total. The number of rotatable bonds is 3. The third-order valence-corrected chi connectivity index (χ3v) is 2.48. The third kappa shape index (κ3) is 3.22. The first-order valence-electron chi connectivity index (χ1n) is 5.69. The molecule has 0 saturated heterocycles. The number of aromatic nitrogens is 1. The van der Waals surface area contributed by atoms with Gasteiger partial charge in [-0.25, -0.2) is 9.82 Å². The van der Waals surface area contributed by atoms with E-state index >= 15 is 0 Å². The minimum Gasteiger partial charge on any atom is -0.267 e. The molecule has 0 spiro atoms. The van der Waals surface area contributed by atoms with E-state index in [1.165, 1.54) is 18.2 Å². The SMILES string of the molecule is C/C(=N/NC(=O)c1ccccc1F)c1ccccn1. The van der Waals surface area contributed by atoms with Gasteiger partial charge in [-0.1, -0.05) is 18.2 Å². The quantitative estimate of drug-likeness (QED) is 0.678. The molecule has 0 radical (unpaired) electrons. The van der Waals surface area contributed by atoms with Gasteiger partial charge in [0.25, 0.3) is 5.91 Å². The molecule has 0 aliphatic rings. The van der Waals surface area contributed by atoms with Gasteiger partial charge >= 0.3 is 0 Å². The van der Waals surface area contributed by atoms with Crippen LogP contribution in [-0.2, 0) is 0 Å². The molecule has 96 valence electrons. The van der Waals surface area contributed by atoms with Crippen molar-refractivity contribution in [1.29, 1.82) is 0 Å². The summed E-state index contributed by atoms with van der Waals surface area (Å²) in [6.07, 6.45) is 1.63. The lowest BCUT2D eigenvalue weighted by Gasteiger charge is -2.03. The van der Waals surface area contributed by atoms with Crippen molar-refractivity contribution >= 4 is 11.6 Å². The number of nitrogens with one attached hydrogen (secondary N) is 1. The van der Waals surface area contributed by atoms with E-state index in [2.05, 4.69) is 15.5 Å². The molecule has 1 amide bonds. The number of hydrogen-bond acceptors (Lipinski definition) is 3. The summed E-state index contributed by atoms with van der Waals surface area (Å²) in [7, 11) is 0. The van der Waals surface area contributed by atoms with Gasteiger partial charge in [0.15, 0.2) is 0 Å². The minimum atomic E-state index is -0.589. The summed E-state index contributed by atoms with van der Waals surface area (Å²) in [4.78, 5) is 15.8. The Bertz CT molecular complexity index is 611. The van der Waals surface area contributed by atoms with Crippen molar-refractivity contribution in [1.82, 2.24) is 10.4 Å². The molecule has 1 aromatic carbocycles. The van der Waals surface area contributed by atoms with Crippen molar-refractivity contribution in [2.45, 2.75) is 6.92 Å². The van der Waals surface area contributed by atoms with Crippen LogP contribution in [-0.4, -0.2) is 16.6 Å². The standard InChI is InChI=1S/C14H12FN3O/c1-10(13-8-4-5-9-16-13)17-18-14(19)11-6-2-3-7-12(11)15/h2-9H,1H3,(H,18,19)/b17-10-. The highest BCUT2D eigenvalue weighted by Gasteiger charge is 2.09. The maximum Gasteiger partial charge on any atom is 0.274 e. The molecule has 0 unspecified atom stereocenters. The van der Waals surface area contributed by atoms with E-state index < -0.39 is 11.7 Å². The number of benzene rings is 1. The molecule has 2 aromatic rings. The number of hydrazone groups is 1. The second-order valence-electron chi connectivity index (χ2n) is 3.83. The first-order valence-corrected chi connectivity index (χ1v) is 5.69. The van der Waals surface area contributed by atoms with Gasteiger partial charge < -0.3 is 0 Å². The normalized spacial score (nSPS) is 11.2. The average molecular weight is 257 g/mol. The third-order valence-electron chi connectivity index (χ3n) is 2.48. The summed E-state index contributed by atoms with van der Waals surface area (Å²) in [6.45, 7) is 1.71. The number of carbonyl (C=O) groups excluding carboxylic acids is 1. The highest BCUT2D eigenvalue weighted by Crippen LogP contribution is 2.05. The zero-order valence-corrected chi connectivity index (χ0v) is 10.3. The van der Waals surface area contributed by atoms with Crippen molar-refractivity contribution in [2.24, 2.45) is 5.10 Å². The summed E-state index contributed by atoms with van der Waals surface area (Å²) in [6, 6.07) is 11.1. The van der Waals surface area contributed by atoms with Gasteiger partial charge in [-0.05, 0) is 31.2 Å². The number of hydrogen-bond donors (Lipinski definition) is 1. The molecule has 1 aromatic heterocycles. The number of halogens is 1. The maximum atomic E-state index is 13.4. The van der Waals surface area contributed by atoms with Gasteiger partial charge in [0.2, 0.25) is 0 Å². The van der Waals surface area contributed by atoms with E-state index in [1.54, 1.807) is 31.3 Å². The average Bonchev–Trinajstić information content (AvgIpc) is 2.46. The van der Waals surface area contributed by atoms with E-state index in [-0.39, 0.29) is 5.56 Å². The van der Waals surface area contributed by atoms with Crippen molar-refractivity contribution in [3.8, 4) is 0 Å². The molecule has 4 nitrogen and oxygen atoms in total. The Balaban J connectivity index is 2.11. The van der Waals surface area contributed by atoms with E-state index in [1.807, 2.05) is 6.07 Å². The van der Waals surface area contributed by atoms with Crippen LogP contribution >= 0.6 is 0 Å². The topological polar surface area (TPSA) is 54.4 Å². The van der Waals surface area contributed by atoms with Crippen LogP contribution in [0.15, 0.2) is 53.8 Å². The predicted octanol–water partition coefficient (Wildman–Crippen LogP) is 2.37. The monoisotopic (exact) mass is 257 g/mol. The molecule has 0 saturated carbocycles. The highest BCUT2D eigenvalue weighted by atomic mass is 19.1. The van der Waals surface area contributed by atoms with Crippen LogP contribution in [0.2, 0.25) is 0 Å². The number of nitrogens with zero attached hydrogens (tertiary/aromatic N) is 2. The summed E-state index contributed by atoms with van der Waals surface area (Å²) in [5.41, 5.74) is 3.46. The molecule has 5 heteroatoms. The zero-order valence-electron chi connectivity index (χ0n) is 10.3. The summed E-state index contributed by atoms with van der Waals surface area (Å²) >= 11 is 0. The Morgan fingerprint density at radius 2 is 1.95 bits per heavy atom. The van der Waals surface area contributed by atoms with Crippen LogP contribution < -0.4 is 5.43 Å². The molecule has 2 rings (SSSR count). The Hall–Kier alpha value is -2.56. The van der Waals surface area contributed by atoms with Crippen LogP contribution in [0.5, 0.6) is 0 Å². The number of amides is 1. The second-order valence-corrected chi connectivity index (χ2v) is 3.83. The fraction of sp³-hybridized carbons (Fsp3) is 0.0714. The maximum absolute atomic E-state index is 13.4. The van der Waals surface area contributed by atoms with E-state index in [4.69, 9.17) is 0 Å². The van der Waals surface area contributed by atoms with Crippen LogP contribution in [0.4, 0.5) is 4.39 Å². The highest BCUT2D eigenvalue weighted by molar-refractivity contribution is 5.99. The Morgan fingerprint density at radius 3 is 2.63 bits per heavy atom. The van der Waals surface area contributed by atoms with Crippen LogP contribution in [0.1, 0.15) is 23.0 Å². The van der Waals surface area contributed by atoms with Gasteiger partial charge in [0, 0.05) is 6.20 Å². The fourth-order valence-corrected chi connectivity index (χ4v) is 1.47. The molecular formula is C14H12FN3O. The molecular weight excluding hydrogens is 245 g/mol. The smallest absolute Gasteiger partial charge is 0.267 e. The summed E-state index contributed by atoms with van der Waals surface area (Å²) < 4.78 is 13.4. The minimum absolute atomic E-state index is 0.0416. The second kappa shape index (κ2) is 5.86. The van der Waals surface area contributed by atoms with Crippen molar-refractivity contribution in [2.75, 3.05) is 0 Å². The van der Waals surface area contributed by atoms with Gasteiger partial charge in [-0.2, -0.15) is 5.10 Å². The van der Waals surface area contributed by atoms with Crippen molar-refractivity contribution in [3.63, 3.8) is 0 Å². The molecule has 19 heavy (non-hydrogen) atoms. The summed E-state index contributed by atoms with van der Waals surface area (Å²) in [5, 5.41) is 3.90. The summed E-state index contributed by atoms with van der Waals surface area (Å²) in [5.74, 6) is -1.17. The van der Waals surface area contributed by atoms with Crippen LogP contribution in [0, 0.1) is 5.82 Å². The lowest BCUT2D eigenvalue weighted by molar-refractivity contribution is 0.0951. The molecule has 0 atom stereocenters. The lowest BCUT2D eigenvalue weighted by atomic mass is 10.2. The molecule has 1 heterocycles. The van der Waals surface area contributed by atoms with Crippen molar-refractivity contribution in [3.05, 3.63) is 65.7 Å². The van der Waals surface area contributed by atoms with Crippen LogP contribution in [0.25, 0.3) is 0 Å². The fourth-order valence-electron chi connectivity index (χ4n) is 1.47. The van der Waals surface area contributed by atoms with Gasteiger partial charge in [0.1, 0.15) is 5.82 Å². The van der Waals surface area contributed by atoms with Crippen molar-refractivity contribution < 1.29 is 9.18 Å².